The Labute approximate surface area is 190 Å². The zero-order valence-electron chi connectivity index (χ0n) is 19.5. The lowest BCUT2D eigenvalue weighted by Gasteiger charge is -2.27. The molecule has 32 heavy (non-hydrogen) atoms. The lowest BCUT2D eigenvalue weighted by Crippen LogP contribution is -2.32. The van der Waals surface area contributed by atoms with E-state index in [-0.39, 0.29) is 23.7 Å². The second kappa shape index (κ2) is 11.1. The standard InChI is InChI=1S/C24H34N6O2/c1-5-15(3)21-25-11-19(12-26-21)29-23(31)17-7-9-18(10-8-17)24(32)30-20-13-27-22(28-14-20)16(4)6-2/h11-18H,5-10H2,1-4H3,(H,29,31)(H,30,32). The van der Waals surface area contributed by atoms with Crippen molar-refractivity contribution >= 4 is 23.2 Å². The smallest absolute Gasteiger partial charge is 0.227 e. The molecule has 2 atom stereocenters. The van der Waals surface area contributed by atoms with Gasteiger partial charge in [0.05, 0.1) is 36.2 Å². The first-order chi connectivity index (χ1) is 15.4. The topological polar surface area (TPSA) is 110 Å². The molecule has 2 heterocycles. The third-order valence-corrected chi connectivity index (χ3v) is 6.45. The normalized spacial score (nSPS) is 20.2. The molecular formula is C24H34N6O2. The summed E-state index contributed by atoms with van der Waals surface area (Å²) in [7, 11) is 0. The van der Waals surface area contributed by atoms with Crippen molar-refractivity contribution in [3.05, 3.63) is 36.4 Å². The van der Waals surface area contributed by atoms with E-state index in [9.17, 15) is 9.59 Å². The summed E-state index contributed by atoms with van der Waals surface area (Å²) in [5.74, 6) is 1.90. The van der Waals surface area contributed by atoms with Crippen molar-refractivity contribution in [2.24, 2.45) is 11.8 Å². The molecule has 1 aliphatic carbocycles. The van der Waals surface area contributed by atoms with Crippen molar-refractivity contribution in [1.82, 2.24) is 19.9 Å². The molecule has 3 rings (SSSR count). The molecular weight excluding hydrogens is 404 g/mol. The Balaban J connectivity index is 1.46. The molecule has 0 radical (unpaired) electrons. The first-order valence-corrected chi connectivity index (χ1v) is 11.7. The molecule has 8 nitrogen and oxygen atoms in total. The number of rotatable bonds is 8. The Bertz CT molecular complexity index is 816. The number of carbonyl (C=O) groups is 2. The molecule has 2 N–H and O–H groups in total. The van der Waals surface area contributed by atoms with E-state index >= 15 is 0 Å². The van der Waals surface area contributed by atoms with Gasteiger partial charge in [0.25, 0.3) is 0 Å². The Morgan fingerprint density at radius 1 is 0.750 bits per heavy atom. The van der Waals surface area contributed by atoms with Gasteiger partial charge in [-0.1, -0.05) is 27.7 Å². The van der Waals surface area contributed by atoms with Gasteiger partial charge in [-0.05, 0) is 38.5 Å². The summed E-state index contributed by atoms with van der Waals surface area (Å²) in [6, 6.07) is 0. The number of nitrogens with one attached hydrogen (secondary N) is 2. The van der Waals surface area contributed by atoms with E-state index in [4.69, 9.17) is 0 Å². The van der Waals surface area contributed by atoms with Crippen LogP contribution in [0.3, 0.4) is 0 Å². The maximum absolute atomic E-state index is 12.6. The first kappa shape index (κ1) is 23.8. The van der Waals surface area contributed by atoms with Crippen molar-refractivity contribution in [3.63, 3.8) is 0 Å². The summed E-state index contributed by atoms with van der Waals surface area (Å²) in [6.07, 6.45) is 11.3. The van der Waals surface area contributed by atoms with Crippen LogP contribution in [0.1, 0.15) is 89.7 Å². The van der Waals surface area contributed by atoms with Crippen molar-refractivity contribution in [1.29, 1.82) is 0 Å². The molecule has 172 valence electrons. The van der Waals surface area contributed by atoms with E-state index in [2.05, 4.69) is 58.3 Å². The minimum absolute atomic E-state index is 0.0298. The maximum Gasteiger partial charge on any atom is 0.227 e. The number of hydrogen-bond acceptors (Lipinski definition) is 6. The molecule has 0 bridgehead atoms. The van der Waals surface area contributed by atoms with Gasteiger partial charge in [0.2, 0.25) is 11.8 Å². The lowest BCUT2D eigenvalue weighted by molar-refractivity contribution is -0.125. The van der Waals surface area contributed by atoms with Crippen LogP contribution in [-0.4, -0.2) is 31.8 Å². The fourth-order valence-electron chi connectivity index (χ4n) is 3.79. The largest absolute Gasteiger partial charge is 0.323 e. The number of hydrogen-bond donors (Lipinski definition) is 2. The molecule has 8 heteroatoms. The zero-order chi connectivity index (χ0) is 23.1. The molecule has 2 unspecified atom stereocenters. The van der Waals surface area contributed by atoms with Crippen molar-refractivity contribution in [3.8, 4) is 0 Å². The molecule has 0 aliphatic heterocycles. The Kier molecular flexibility index (Phi) is 8.25. The van der Waals surface area contributed by atoms with Gasteiger partial charge in [0.15, 0.2) is 0 Å². The molecule has 0 saturated heterocycles. The van der Waals surface area contributed by atoms with Gasteiger partial charge in [-0.25, -0.2) is 19.9 Å². The summed E-state index contributed by atoms with van der Waals surface area (Å²) >= 11 is 0. The van der Waals surface area contributed by atoms with Crippen molar-refractivity contribution < 1.29 is 9.59 Å². The van der Waals surface area contributed by atoms with Crippen LogP contribution < -0.4 is 10.6 Å². The molecule has 0 spiro atoms. The SMILES string of the molecule is CCC(C)c1ncc(NC(=O)C2CCC(C(=O)Nc3cnc(C(C)CC)nc3)CC2)cn1. The quantitative estimate of drug-likeness (QED) is 0.619. The Morgan fingerprint density at radius 2 is 1.06 bits per heavy atom. The number of anilines is 2. The number of nitrogens with zero attached hydrogens (tertiary/aromatic N) is 4. The van der Waals surface area contributed by atoms with Crippen LogP contribution in [0.25, 0.3) is 0 Å². The maximum atomic E-state index is 12.6. The first-order valence-electron chi connectivity index (χ1n) is 11.7. The van der Waals surface area contributed by atoms with Crippen LogP contribution in [0.2, 0.25) is 0 Å². The minimum atomic E-state index is -0.105. The third-order valence-electron chi connectivity index (χ3n) is 6.45. The Hall–Kier alpha value is -2.90. The molecule has 1 aliphatic rings. The fraction of sp³-hybridized carbons (Fsp3) is 0.583. The second-order valence-corrected chi connectivity index (χ2v) is 8.81. The highest BCUT2D eigenvalue weighted by Crippen LogP contribution is 2.30. The molecule has 0 aromatic carbocycles. The molecule has 2 amide bonds. The summed E-state index contributed by atoms with van der Waals surface area (Å²) in [5, 5.41) is 5.84. The van der Waals surface area contributed by atoms with E-state index in [1.807, 2.05) is 0 Å². The predicted molar refractivity (Wildman–Crippen MR) is 124 cm³/mol. The van der Waals surface area contributed by atoms with Crippen LogP contribution in [0.15, 0.2) is 24.8 Å². The Morgan fingerprint density at radius 3 is 1.34 bits per heavy atom. The monoisotopic (exact) mass is 438 g/mol. The zero-order valence-corrected chi connectivity index (χ0v) is 19.5. The average molecular weight is 439 g/mol. The number of aromatic nitrogens is 4. The van der Waals surface area contributed by atoms with Crippen LogP contribution >= 0.6 is 0 Å². The van der Waals surface area contributed by atoms with Gasteiger partial charge < -0.3 is 10.6 Å². The van der Waals surface area contributed by atoms with E-state index in [1.165, 1.54) is 0 Å². The van der Waals surface area contributed by atoms with Gasteiger partial charge >= 0.3 is 0 Å². The van der Waals surface area contributed by atoms with E-state index in [0.717, 1.165) is 24.5 Å². The molecule has 1 saturated carbocycles. The average Bonchev–Trinajstić information content (AvgIpc) is 2.84. The van der Waals surface area contributed by atoms with Crippen LogP contribution in [0.5, 0.6) is 0 Å². The summed E-state index contributed by atoms with van der Waals surface area (Å²) < 4.78 is 0. The summed E-state index contributed by atoms with van der Waals surface area (Å²) in [6.45, 7) is 8.35. The van der Waals surface area contributed by atoms with Crippen LogP contribution in [0.4, 0.5) is 11.4 Å². The van der Waals surface area contributed by atoms with E-state index < -0.39 is 0 Å². The van der Waals surface area contributed by atoms with Crippen molar-refractivity contribution in [2.75, 3.05) is 10.6 Å². The third kappa shape index (κ3) is 6.08. The highest BCUT2D eigenvalue weighted by molar-refractivity contribution is 5.94. The molecule has 2 aromatic heterocycles. The van der Waals surface area contributed by atoms with Gasteiger partial charge in [0, 0.05) is 23.7 Å². The molecule has 2 aromatic rings. The van der Waals surface area contributed by atoms with Gasteiger partial charge in [-0.2, -0.15) is 0 Å². The second-order valence-electron chi connectivity index (χ2n) is 8.81. The van der Waals surface area contributed by atoms with Gasteiger partial charge in [-0.3, -0.25) is 9.59 Å². The highest BCUT2D eigenvalue weighted by atomic mass is 16.2. The lowest BCUT2D eigenvalue weighted by atomic mass is 9.81. The predicted octanol–water partition coefficient (Wildman–Crippen LogP) is 4.68. The van der Waals surface area contributed by atoms with Gasteiger partial charge in [-0.15, -0.1) is 0 Å². The highest BCUT2D eigenvalue weighted by Gasteiger charge is 2.30. The minimum Gasteiger partial charge on any atom is -0.323 e. The fourth-order valence-corrected chi connectivity index (χ4v) is 3.79. The van der Waals surface area contributed by atoms with E-state index in [0.29, 0.717) is 48.9 Å². The summed E-state index contributed by atoms with van der Waals surface area (Å²) in [4.78, 5) is 42.7. The van der Waals surface area contributed by atoms with Gasteiger partial charge in [0.1, 0.15) is 11.6 Å². The molecule has 1 fully saturated rings. The number of carbonyl (C=O) groups excluding carboxylic acids is 2. The van der Waals surface area contributed by atoms with Crippen LogP contribution in [0, 0.1) is 11.8 Å². The van der Waals surface area contributed by atoms with Crippen LogP contribution in [-0.2, 0) is 9.59 Å². The summed E-state index contributed by atoms with van der Waals surface area (Å²) in [5.41, 5.74) is 1.23. The van der Waals surface area contributed by atoms with Crippen molar-refractivity contribution in [2.45, 2.75) is 78.1 Å². The number of amides is 2. The van der Waals surface area contributed by atoms with E-state index in [1.54, 1.807) is 24.8 Å².